The molecule has 3 rings (SSSR count). The smallest absolute Gasteiger partial charge is 0.263 e. The zero-order valence-corrected chi connectivity index (χ0v) is 12.9. The third kappa shape index (κ3) is 2.51. The van der Waals surface area contributed by atoms with Crippen LogP contribution in [0, 0.1) is 0 Å². The number of carbonyl (C=O) groups is 1. The van der Waals surface area contributed by atoms with Gasteiger partial charge in [-0.3, -0.25) is 4.79 Å². The molecule has 1 aromatic rings. The molecule has 2 heterocycles. The second kappa shape index (κ2) is 5.64. The minimum atomic E-state index is -0.0137. The van der Waals surface area contributed by atoms with Crippen molar-refractivity contribution in [3.63, 3.8) is 0 Å². The number of amides is 1. The van der Waals surface area contributed by atoms with Crippen LogP contribution in [0.15, 0.2) is 0 Å². The maximum atomic E-state index is 12.2. The van der Waals surface area contributed by atoms with Crippen molar-refractivity contribution in [1.82, 2.24) is 5.32 Å². The molecule has 2 aliphatic rings. The number of rotatable bonds is 4. The number of nitrogens with zero attached hydrogens (tertiary/aromatic N) is 1. The molecule has 0 spiro atoms. The maximum Gasteiger partial charge on any atom is 0.263 e. The summed E-state index contributed by atoms with van der Waals surface area (Å²) in [4.78, 5) is 15.3. The average Bonchev–Trinajstić information content (AvgIpc) is 3.23. The van der Waals surface area contributed by atoms with Gasteiger partial charge in [-0.2, -0.15) is 0 Å². The van der Waals surface area contributed by atoms with Gasteiger partial charge < -0.3 is 16.0 Å². The van der Waals surface area contributed by atoms with Crippen molar-refractivity contribution in [1.29, 1.82) is 0 Å². The zero-order valence-electron chi connectivity index (χ0n) is 12.1. The van der Waals surface area contributed by atoms with Gasteiger partial charge >= 0.3 is 0 Å². The third-order valence-corrected chi connectivity index (χ3v) is 5.42. The molecule has 1 aliphatic carbocycles. The van der Waals surface area contributed by atoms with Crippen LogP contribution in [0.25, 0.3) is 0 Å². The van der Waals surface area contributed by atoms with Crippen LogP contribution in [-0.4, -0.2) is 25.5 Å². The molecule has 0 aromatic carbocycles. The van der Waals surface area contributed by atoms with Gasteiger partial charge in [0.1, 0.15) is 4.88 Å². The summed E-state index contributed by atoms with van der Waals surface area (Å²) in [7, 11) is 0. The van der Waals surface area contributed by atoms with Crippen molar-refractivity contribution in [2.24, 2.45) is 0 Å². The Balaban J connectivity index is 1.95. The Morgan fingerprint density at radius 3 is 2.65 bits per heavy atom. The Hall–Kier alpha value is -1.23. The lowest BCUT2D eigenvalue weighted by Crippen LogP contribution is -2.29. The van der Waals surface area contributed by atoms with Gasteiger partial charge in [-0.15, -0.1) is 11.3 Å². The molecule has 0 bridgehead atoms. The Labute approximate surface area is 124 Å². The number of piperidine rings is 1. The van der Waals surface area contributed by atoms with Gasteiger partial charge in [0, 0.05) is 25.2 Å². The number of nitrogen functional groups attached to an aromatic ring is 1. The molecule has 1 aromatic heterocycles. The molecule has 5 heteroatoms. The summed E-state index contributed by atoms with van der Waals surface area (Å²) in [6.07, 6.45) is 6.25. The molecule has 4 nitrogen and oxygen atoms in total. The fourth-order valence-corrected chi connectivity index (χ4v) is 4.23. The topological polar surface area (TPSA) is 58.4 Å². The van der Waals surface area contributed by atoms with Crippen molar-refractivity contribution >= 4 is 27.9 Å². The van der Waals surface area contributed by atoms with Crippen LogP contribution in [0.4, 0.5) is 10.7 Å². The number of nitrogens with one attached hydrogen (secondary N) is 1. The van der Waals surface area contributed by atoms with Gasteiger partial charge in [0.15, 0.2) is 0 Å². The van der Waals surface area contributed by atoms with E-state index < -0.39 is 0 Å². The van der Waals surface area contributed by atoms with E-state index in [9.17, 15) is 4.79 Å². The van der Waals surface area contributed by atoms with Crippen LogP contribution in [0.1, 0.15) is 60.2 Å². The third-order valence-electron chi connectivity index (χ3n) is 4.14. The van der Waals surface area contributed by atoms with Crippen LogP contribution in [-0.2, 0) is 0 Å². The van der Waals surface area contributed by atoms with Gasteiger partial charge in [-0.1, -0.05) is 0 Å². The summed E-state index contributed by atoms with van der Waals surface area (Å²) in [6.45, 7) is 4.80. The largest absolute Gasteiger partial charge is 0.397 e. The number of nitrogens with two attached hydrogens (primary N) is 1. The summed E-state index contributed by atoms with van der Waals surface area (Å²) >= 11 is 1.60. The number of carbonyl (C=O) groups excluding carboxylic acids is 1. The fraction of sp³-hybridized carbons (Fsp3) is 0.667. The van der Waals surface area contributed by atoms with Crippen molar-refractivity contribution in [3.05, 3.63) is 10.4 Å². The number of hydrogen-bond donors (Lipinski definition) is 2. The molecule has 1 aliphatic heterocycles. The summed E-state index contributed by atoms with van der Waals surface area (Å²) in [5.74, 6) is 0.575. The van der Waals surface area contributed by atoms with Crippen LogP contribution < -0.4 is 16.0 Å². The summed E-state index contributed by atoms with van der Waals surface area (Å²) in [5.41, 5.74) is 8.31. The monoisotopic (exact) mass is 293 g/mol. The number of anilines is 2. The Morgan fingerprint density at radius 2 is 2.05 bits per heavy atom. The molecule has 1 amide bonds. The van der Waals surface area contributed by atoms with E-state index in [-0.39, 0.29) is 5.91 Å². The highest BCUT2D eigenvalue weighted by Gasteiger charge is 2.34. The lowest BCUT2D eigenvalue weighted by molar-refractivity contribution is 0.0960. The minimum absolute atomic E-state index is 0.0137. The van der Waals surface area contributed by atoms with E-state index >= 15 is 0 Å². The molecule has 0 radical (unpaired) electrons. The highest BCUT2D eigenvalue weighted by atomic mass is 32.1. The van der Waals surface area contributed by atoms with E-state index in [1.54, 1.807) is 11.3 Å². The van der Waals surface area contributed by atoms with Gasteiger partial charge in [-0.05, 0) is 44.9 Å². The molecule has 110 valence electrons. The molecule has 2 fully saturated rings. The molecule has 20 heavy (non-hydrogen) atoms. The van der Waals surface area contributed by atoms with Crippen LogP contribution in [0.5, 0.6) is 0 Å². The Kier molecular flexibility index (Phi) is 3.87. The highest BCUT2D eigenvalue weighted by molar-refractivity contribution is 7.18. The van der Waals surface area contributed by atoms with Gasteiger partial charge in [0.2, 0.25) is 0 Å². The number of hydrogen-bond acceptors (Lipinski definition) is 4. The van der Waals surface area contributed by atoms with Crippen molar-refractivity contribution in [2.45, 2.75) is 44.9 Å². The standard InChI is InChI=1S/C15H23N3OS/c1-2-17-14(19)13-12(16)11(10-6-7-10)15(20-13)18-8-4-3-5-9-18/h10H,2-9,16H2,1H3,(H,17,19). The van der Waals surface area contributed by atoms with E-state index in [2.05, 4.69) is 10.2 Å². The maximum absolute atomic E-state index is 12.2. The summed E-state index contributed by atoms with van der Waals surface area (Å²) < 4.78 is 0. The quantitative estimate of drug-likeness (QED) is 0.897. The molecule has 3 N–H and O–H groups in total. The van der Waals surface area contributed by atoms with Gasteiger partial charge in [0.05, 0.1) is 10.7 Å². The summed E-state index contributed by atoms with van der Waals surface area (Å²) in [5, 5.41) is 4.15. The second-order valence-electron chi connectivity index (χ2n) is 5.75. The van der Waals surface area contributed by atoms with Crippen molar-refractivity contribution in [2.75, 3.05) is 30.3 Å². The first-order valence-electron chi connectivity index (χ1n) is 7.67. The van der Waals surface area contributed by atoms with Crippen LogP contribution >= 0.6 is 11.3 Å². The van der Waals surface area contributed by atoms with E-state index in [0.717, 1.165) is 18.8 Å². The van der Waals surface area contributed by atoms with Crippen LogP contribution in [0.3, 0.4) is 0 Å². The first-order chi connectivity index (χ1) is 9.72. The molecule has 1 saturated carbocycles. The Bertz CT molecular complexity index is 501. The molecular formula is C15H23N3OS. The van der Waals surface area contributed by atoms with Crippen molar-refractivity contribution < 1.29 is 4.79 Å². The molecule has 0 atom stereocenters. The predicted molar refractivity (Wildman–Crippen MR) is 84.8 cm³/mol. The average molecular weight is 293 g/mol. The lowest BCUT2D eigenvalue weighted by Gasteiger charge is -2.28. The van der Waals surface area contributed by atoms with E-state index in [1.165, 1.54) is 42.7 Å². The summed E-state index contributed by atoms with van der Waals surface area (Å²) in [6, 6.07) is 0. The van der Waals surface area contributed by atoms with E-state index in [4.69, 9.17) is 5.73 Å². The molecular weight excluding hydrogens is 270 g/mol. The highest BCUT2D eigenvalue weighted by Crippen LogP contribution is 2.52. The zero-order chi connectivity index (χ0) is 14.1. The fourth-order valence-electron chi connectivity index (χ4n) is 2.95. The molecule has 0 unspecified atom stereocenters. The second-order valence-corrected chi connectivity index (χ2v) is 6.74. The predicted octanol–water partition coefficient (Wildman–Crippen LogP) is 2.95. The van der Waals surface area contributed by atoms with E-state index in [0.29, 0.717) is 17.3 Å². The normalized spacial score (nSPS) is 19.1. The van der Waals surface area contributed by atoms with Crippen molar-refractivity contribution in [3.8, 4) is 0 Å². The first kappa shape index (κ1) is 13.7. The minimum Gasteiger partial charge on any atom is -0.397 e. The lowest BCUT2D eigenvalue weighted by atomic mass is 10.1. The molecule has 1 saturated heterocycles. The van der Waals surface area contributed by atoms with Gasteiger partial charge in [-0.25, -0.2) is 0 Å². The van der Waals surface area contributed by atoms with Crippen LogP contribution in [0.2, 0.25) is 0 Å². The first-order valence-corrected chi connectivity index (χ1v) is 8.49. The van der Waals surface area contributed by atoms with E-state index in [1.807, 2.05) is 6.92 Å². The number of thiophene rings is 1. The van der Waals surface area contributed by atoms with Gasteiger partial charge in [0.25, 0.3) is 5.91 Å². The Morgan fingerprint density at radius 1 is 1.35 bits per heavy atom. The SMILES string of the molecule is CCNC(=O)c1sc(N2CCCCC2)c(C2CC2)c1N.